The monoisotopic (exact) mass is 328 g/mol. The highest BCUT2D eigenvalue weighted by molar-refractivity contribution is 9.10. The molecule has 1 saturated heterocycles. The Morgan fingerprint density at radius 3 is 2.58 bits per heavy atom. The van der Waals surface area contributed by atoms with Crippen molar-refractivity contribution in [3.05, 3.63) is 22.6 Å². The summed E-state index contributed by atoms with van der Waals surface area (Å²) in [6, 6.07) is 2.19. The number of furan rings is 1. The first-order chi connectivity index (χ1) is 9.13. The summed E-state index contributed by atoms with van der Waals surface area (Å²) in [7, 11) is 2.03. The zero-order chi connectivity index (χ0) is 13.9. The molecule has 2 rings (SSSR count). The minimum absolute atomic E-state index is 0.0928. The highest BCUT2D eigenvalue weighted by Gasteiger charge is 2.41. The second kappa shape index (κ2) is 6.42. The van der Waals surface area contributed by atoms with Crippen molar-refractivity contribution in [2.45, 2.75) is 51.1 Å². The van der Waals surface area contributed by atoms with E-state index in [9.17, 15) is 0 Å². The molecular formula is C15H25BrN2O. The molecule has 1 aromatic rings. The van der Waals surface area contributed by atoms with Crippen molar-refractivity contribution < 1.29 is 4.42 Å². The quantitative estimate of drug-likeness (QED) is 0.886. The van der Waals surface area contributed by atoms with Crippen LogP contribution < -0.4 is 5.32 Å². The lowest BCUT2D eigenvalue weighted by Crippen LogP contribution is -2.55. The van der Waals surface area contributed by atoms with Gasteiger partial charge in [-0.25, -0.2) is 0 Å². The van der Waals surface area contributed by atoms with E-state index in [2.05, 4.69) is 40.0 Å². The predicted octanol–water partition coefficient (Wildman–Crippen LogP) is 3.96. The lowest BCUT2D eigenvalue weighted by Gasteiger charge is -2.47. The van der Waals surface area contributed by atoms with Gasteiger partial charge in [0, 0.05) is 5.54 Å². The maximum atomic E-state index is 5.72. The zero-order valence-corrected chi connectivity index (χ0v) is 13.8. The molecule has 19 heavy (non-hydrogen) atoms. The number of halogens is 1. The van der Waals surface area contributed by atoms with E-state index in [0.717, 1.165) is 16.7 Å². The maximum absolute atomic E-state index is 5.72. The molecule has 0 spiro atoms. The van der Waals surface area contributed by atoms with Crippen molar-refractivity contribution in [1.82, 2.24) is 10.2 Å². The van der Waals surface area contributed by atoms with E-state index < -0.39 is 0 Å². The topological polar surface area (TPSA) is 28.4 Å². The summed E-state index contributed by atoms with van der Waals surface area (Å²) in [5, 5.41) is 3.47. The molecular weight excluding hydrogens is 304 g/mol. The van der Waals surface area contributed by atoms with Crippen LogP contribution in [0.2, 0.25) is 0 Å². The molecule has 1 aliphatic rings. The minimum Gasteiger partial charge on any atom is -0.466 e. The minimum atomic E-state index is 0.0928. The molecule has 1 fully saturated rings. The molecule has 0 radical (unpaired) electrons. The van der Waals surface area contributed by atoms with Crippen LogP contribution in [-0.2, 0) is 0 Å². The smallest absolute Gasteiger partial charge is 0.136 e. The average molecular weight is 329 g/mol. The maximum Gasteiger partial charge on any atom is 0.136 e. The molecule has 108 valence electrons. The molecule has 0 amide bonds. The van der Waals surface area contributed by atoms with Crippen molar-refractivity contribution in [2.24, 2.45) is 0 Å². The van der Waals surface area contributed by atoms with Crippen LogP contribution in [0.25, 0.3) is 0 Å². The second-order valence-electron chi connectivity index (χ2n) is 5.61. The first-order valence-corrected chi connectivity index (χ1v) is 8.08. The summed E-state index contributed by atoms with van der Waals surface area (Å²) in [4.78, 5) is 2.63. The van der Waals surface area contributed by atoms with Crippen molar-refractivity contribution in [2.75, 3.05) is 20.1 Å². The van der Waals surface area contributed by atoms with Crippen LogP contribution in [-0.4, -0.2) is 30.6 Å². The number of hydrogen-bond acceptors (Lipinski definition) is 3. The van der Waals surface area contributed by atoms with Crippen LogP contribution in [0.4, 0.5) is 0 Å². The Balaban J connectivity index is 2.29. The van der Waals surface area contributed by atoms with Crippen LogP contribution in [0.15, 0.2) is 21.2 Å². The van der Waals surface area contributed by atoms with E-state index in [1.807, 2.05) is 13.1 Å². The van der Waals surface area contributed by atoms with Gasteiger partial charge in [0.05, 0.1) is 16.8 Å². The van der Waals surface area contributed by atoms with Gasteiger partial charge in [-0.2, -0.15) is 0 Å². The Kier molecular flexibility index (Phi) is 5.09. The summed E-state index contributed by atoms with van der Waals surface area (Å²) in [5.74, 6) is 1.01. The Bertz CT molecular complexity index is 401. The fourth-order valence-corrected chi connectivity index (χ4v) is 3.68. The number of hydrogen-bond donors (Lipinski definition) is 1. The largest absolute Gasteiger partial charge is 0.466 e. The van der Waals surface area contributed by atoms with Crippen LogP contribution >= 0.6 is 15.9 Å². The Morgan fingerprint density at radius 1 is 1.42 bits per heavy atom. The molecule has 1 N–H and O–H groups in total. The lowest BCUT2D eigenvalue weighted by atomic mass is 9.84. The standard InChI is InChI=1S/C15H25BrN2O/c1-4-15(2,18-9-6-5-7-10-18)14(17-3)13-12(16)8-11-19-13/h8,11,14,17H,4-7,9-10H2,1-3H3. The van der Waals surface area contributed by atoms with Crippen LogP contribution in [0.5, 0.6) is 0 Å². The van der Waals surface area contributed by atoms with Gasteiger partial charge in [0.2, 0.25) is 0 Å². The van der Waals surface area contributed by atoms with E-state index in [0.29, 0.717) is 0 Å². The Hall–Kier alpha value is -0.320. The number of nitrogens with one attached hydrogen (secondary N) is 1. The summed E-state index contributed by atoms with van der Waals surface area (Å²) in [5.41, 5.74) is 0.0928. The van der Waals surface area contributed by atoms with Crippen LogP contribution in [0, 0.1) is 0 Å². The number of rotatable bonds is 5. The van der Waals surface area contributed by atoms with E-state index in [1.54, 1.807) is 6.26 Å². The van der Waals surface area contributed by atoms with Gasteiger partial charge in [-0.15, -0.1) is 0 Å². The molecule has 1 aliphatic heterocycles. The fourth-order valence-electron chi connectivity index (χ4n) is 3.25. The summed E-state index contributed by atoms with van der Waals surface area (Å²) in [6.45, 7) is 7.02. The predicted molar refractivity (Wildman–Crippen MR) is 82.3 cm³/mol. The Labute approximate surface area is 124 Å². The third kappa shape index (κ3) is 2.91. The van der Waals surface area contributed by atoms with Gasteiger partial charge >= 0.3 is 0 Å². The first-order valence-electron chi connectivity index (χ1n) is 7.28. The first kappa shape index (κ1) is 15.1. The van der Waals surface area contributed by atoms with Gasteiger partial charge in [-0.1, -0.05) is 13.3 Å². The van der Waals surface area contributed by atoms with E-state index in [4.69, 9.17) is 4.42 Å². The fraction of sp³-hybridized carbons (Fsp3) is 0.733. The van der Waals surface area contributed by atoms with Gasteiger partial charge in [-0.3, -0.25) is 4.90 Å². The molecule has 2 unspecified atom stereocenters. The zero-order valence-electron chi connectivity index (χ0n) is 12.2. The number of likely N-dealkylation sites (tertiary alicyclic amines) is 1. The second-order valence-corrected chi connectivity index (χ2v) is 6.47. The highest BCUT2D eigenvalue weighted by atomic mass is 79.9. The van der Waals surface area contributed by atoms with E-state index >= 15 is 0 Å². The van der Waals surface area contributed by atoms with E-state index in [-0.39, 0.29) is 11.6 Å². The number of likely N-dealkylation sites (N-methyl/N-ethyl adjacent to an activating group) is 1. The van der Waals surface area contributed by atoms with Gasteiger partial charge in [0.1, 0.15) is 5.76 Å². The van der Waals surface area contributed by atoms with Crippen LogP contribution in [0.1, 0.15) is 51.3 Å². The van der Waals surface area contributed by atoms with Crippen molar-refractivity contribution in [3.63, 3.8) is 0 Å². The highest BCUT2D eigenvalue weighted by Crippen LogP contribution is 2.38. The molecule has 3 nitrogen and oxygen atoms in total. The molecule has 0 saturated carbocycles. The third-order valence-electron chi connectivity index (χ3n) is 4.61. The summed E-state index contributed by atoms with van der Waals surface area (Å²) < 4.78 is 6.78. The van der Waals surface area contributed by atoms with Crippen molar-refractivity contribution in [1.29, 1.82) is 0 Å². The summed E-state index contributed by atoms with van der Waals surface area (Å²) >= 11 is 3.60. The van der Waals surface area contributed by atoms with Gasteiger partial charge < -0.3 is 9.73 Å². The SMILES string of the molecule is CCC(C)(C(NC)c1occc1Br)N1CCCCC1. The average Bonchev–Trinajstić information content (AvgIpc) is 2.86. The van der Waals surface area contributed by atoms with Gasteiger partial charge in [-0.05, 0) is 68.3 Å². The molecule has 0 bridgehead atoms. The lowest BCUT2D eigenvalue weighted by molar-refractivity contribution is 0.0379. The molecule has 1 aromatic heterocycles. The number of nitrogens with zero attached hydrogens (tertiary/aromatic N) is 1. The normalized spacial score (nSPS) is 22.1. The molecule has 4 heteroatoms. The third-order valence-corrected chi connectivity index (χ3v) is 5.27. The molecule has 0 aromatic carbocycles. The van der Waals surface area contributed by atoms with Crippen molar-refractivity contribution in [3.8, 4) is 0 Å². The molecule has 2 heterocycles. The van der Waals surface area contributed by atoms with Crippen LogP contribution in [0.3, 0.4) is 0 Å². The van der Waals surface area contributed by atoms with E-state index in [1.165, 1.54) is 32.4 Å². The summed E-state index contributed by atoms with van der Waals surface area (Å²) in [6.07, 6.45) is 6.85. The number of piperidine rings is 1. The van der Waals surface area contributed by atoms with Gasteiger partial charge in [0.15, 0.2) is 0 Å². The molecule has 2 atom stereocenters. The van der Waals surface area contributed by atoms with Crippen molar-refractivity contribution >= 4 is 15.9 Å². The Morgan fingerprint density at radius 2 is 2.11 bits per heavy atom. The molecule has 0 aliphatic carbocycles. The van der Waals surface area contributed by atoms with Gasteiger partial charge in [0.25, 0.3) is 0 Å².